The van der Waals surface area contributed by atoms with Crippen molar-refractivity contribution >= 4 is 11.5 Å². The van der Waals surface area contributed by atoms with Crippen LogP contribution in [0.1, 0.15) is 16.8 Å². The molecule has 4 heterocycles. The molecule has 3 aliphatic heterocycles. The van der Waals surface area contributed by atoms with E-state index in [0.29, 0.717) is 24.8 Å². The van der Waals surface area contributed by atoms with Crippen LogP contribution < -0.4 is 9.80 Å². The number of fused-ring (bicyclic) bond motifs is 1. The first kappa shape index (κ1) is 18.3. The SMILES string of the molecule is N#Cc1cc2c(nc1N1CC(N3CCN(c4ccc(F)cc4)CC3)C1)CCOC2. The molecule has 29 heavy (non-hydrogen) atoms. The van der Waals surface area contributed by atoms with Crippen LogP contribution >= 0.6 is 0 Å². The first-order valence-electron chi connectivity index (χ1n) is 10.2. The summed E-state index contributed by atoms with van der Waals surface area (Å²) >= 11 is 0. The Morgan fingerprint density at radius 2 is 1.83 bits per heavy atom. The minimum atomic E-state index is -0.193. The fourth-order valence-electron chi connectivity index (χ4n) is 4.45. The Kier molecular flexibility index (Phi) is 4.82. The highest BCUT2D eigenvalue weighted by Crippen LogP contribution is 2.29. The summed E-state index contributed by atoms with van der Waals surface area (Å²) in [6.07, 6.45) is 0.816. The molecule has 2 aromatic rings. The van der Waals surface area contributed by atoms with Gasteiger partial charge in [-0.3, -0.25) is 4.90 Å². The second kappa shape index (κ2) is 7.62. The third-order valence-electron chi connectivity index (χ3n) is 6.22. The van der Waals surface area contributed by atoms with Gasteiger partial charge in [0.15, 0.2) is 0 Å². The van der Waals surface area contributed by atoms with Crippen molar-refractivity contribution in [3.63, 3.8) is 0 Å². The third-order valence-corrected chi connectivity index (χ3v) is 6.22. The van der Waals surface area contributed by atoms with Gasteiger partial charge in [-0.2, -0.15) is 5.26 Å². The fraction of sp³-hybridized carbons (Fsp3) is 0.455. The van der Waals surface area contributed by atoms with E-state index in [1.165, 1.54) is 12.1 Å². The highest BCUT2D eigenvalue weighted by atomic mass is 19.1. The number of ether oxygens (including phenoxy) is 1. The van der Waals surface area contributed by atoms with Gasteiger partial charge in [0.05, 0.1) is 24.5 Å². The Labute approximate surface area is 170 Å². The van der Waals surface area contributed by atoms with E-state index in [4.69, 9.17) is 9.72 Å². The molecule has 0 atom stereocenters. The molecule has 150 valence electrons. The number of benzene rings is 1. The second-order valence-corrected chi connectivity index (χ2v) is 7.94. The lowest BCUT2D eigenvalue weighted by Crippen LogP contribution is -2.63. The summed E-state index contributed by atoms with van der Waals surface area (Å²) in [5, 5.41) is 9.56. The van der Waals surface area contributed by atoms with Crippen molar-refractivity contribution in [1.29, 1.82) is 5.26 Å². The number of hydrogen-bond acceptors (Lipinski definition) is 6. The van der Waals surface area contributed by atoms with Crippen LogP contribution in [0.15, 0.2) is 30.3 Å². The predicted octanol–water partition coefficient (Wildman–Crippen LogP) is 2.18. The Balaban J connectivity index is 1.20. The Morgan fingerprint density at radius 1 is 1.07 bits per heavy atom. The van der Waals surface area contributed by atoms with Gasteiger partial charge in [0.25, 0.3) is 0 Å². The molecule has 0 spiro atoms. The molecule has 5 rings (SSSR count). The van der Waals surface area contributed by atoms with Crippen LogP contribution in [-0.2, 0) is 17.8 Å². The van der Waals surface area contributed by atoms with E-state index in [1.54, 1.807) is 0 Å². The lowest BCUT2D eigenvalue weighted by atomic mass is 10.0. The van der Waals surface area contributed by atoms with Crippen molar-refractivity contribution in [1.82, 2.24) is 9.88 Å². The summed E-state index contributed by atoms with van der Waals surface area (Å²) in [4.78, 5) is 11.9. The molecule has 2 fully saturated rings. The molecule has 6 nitrogen and oxygen atoms in total. The maximum atomic E-state index is 13.1. The average molecular weight is 393 g/mol. The highest BCUT2D eigenvalue weighted by Gasteiger charge is 2.35. The number of rotatable bonds is 3. The number of nitriles is 1. The molecular formula is C22H24FN5O. The average Bonchev–Trinajstić information content (AvgIpc) is 2.73. The molecule has 7 heteroatoms. The van der Waals surface area contributed by atoms with E-state index in [-0.39, 0.29) is 5.82 Å². The lowest BCUT2D eigenvalue weighted by molar-refractivity contribution is 0.109. The lowest BCUT2D eigenvalue weighted by Gasteiger charge is -2.49. The van der Waals surface area contributed by atoms with E-state index >= 15 is 0 Å². The van der Waals surface area contributed by atoms with Gasteiger partial charge < -0.3 is 14.5 Å². The highest BCUT2D eigenvalue weighted by molar-refractivity contribution is 5.58. The van der Waals surface area contributed by atoms with Gasteiger partial charge in [0.1, 0.15) is 17.7 Å². The van der Waals surface area contributed by atoms with E-state index in [0.717, 1.165) is 68.5 Å². The summed E-state index contributed by atoms with van der Waals surface area (Å²) < 4.78 is 18.6. The molecule has 1 aromatic heterocycles. The van der Waals surface area contributed by atoms with Crippen LogP contribution in [0.3, 0.4) is 0 Å². The van der Waals surface area contributed by atoms with E-state index < -0.39 is 0 Å². The van der Waals surface area contributed by atoms with Gasteiger partial charge in [0.2, 0.25) is 0 Å². The molecule has 0 aliphatic carbocycles. The van der Waals surface area contributed by atoms with Crippen LogP contribution in [0.2, 0.25) is 0 Å². The van der Waals surface area contributed by atoms with Crippen LogP contribution in [0.25, 0.3) is 0 Å². The number of nitrogens with zero attached hydrogens (tertiary/aromatic N) is 5. The summed E-state index contributed by atoms with van der Waals surface area (Å²) in [6.45, 7) is 6.96. The van der Waals surface area contributed by atoms with Crippen molar-refractivity contribution in [2.24, 2.45) is 0 Å². The minimum Gasteiger partial charge on any atom is -0.376 e. The molecule has 1 aromatic carbocycles. The van der Waals surface area contributed by atoms with Crippen LogP contribution in [0.4, 0.5) is 15.9 Å². The maximum absolute atomic E-state index is 13.1. The van der Waals surface area contributed by atoms with Crippen LogP contribution in [0.5, 0.6) is 0 Å². The van der Waals surface area contributed by atoms with Crippen molar-refractivity contribution in [2.45, 2.75) is 19.1 Å². The van der Waals surface area contributed by atoms with Gasteiger partial charge in [0, 0.05) is 63.0 Å². The van der Waals surface area contributed by atoms with Gasteiger partial charge in [-0.1, -0.05) is 0 Å². The standard InChI is InChI=1S/C22H24FN5O/c23-18-1-3-19(4-2-18)26-6-8-27(9-7-26)20-13-28(14-20)22-16(12-24)11-17-15-29-10-5-21(17)25-22/h1-4,11,20H,5-10,13-15H2. The van der Waals surface area contributed by atoms with E-state index in [2.05, 4.69) is 20.8 Å². The summed E-state index contributed by atoms with van der Waals surface area (Å²) in [6, 6.07) is 11.5. The number of pyridine rings is 1. The quantitative estimate of drug-likeness (QED) is 0.797. The first-order valence-corrected chi connectivity index (χ1v) is 10.2. The molecular weight excluding hydrogens is 369 g/mol. The van der Waals surface area contributed by atoms with Crippen LogP contribution in [-0.4, -0.2) is 61.8 Å². The number of anilines is 2. The molecule has 0 unspecified atom stereocenters. The second-order valence-electron chi connectivity index (χ2n) is 7.94. The van der Waals surface area contributed by atoms with Crippen molar-refractivity contribution < 1.29 is 9.13 Å². The number of piperazine rings is 1. The minimum absolute atomic E-state index is 0.193. The van der Waals surface area contributed by atoms with Crippen molar-refractivity contribution in [3.8, 4) is 6.07 Å². The normalized spacial score (nSPS) is 20.1. The third kappa shape index (κ3) is 3.54. The summed E-state index contributed by atoms with van der Waals surface area (Å²) in [5.74, 6) is 0.636. The summed E-state index contributed by atoms with van der Waals surface area (Å²) in [5.41, 5.74) is 3.85. The zero-order valence-corrected chi connectivity index (χ0v) is 16.4. The molecule has 2 saturated heterocycles. The largest absolute Gasteiger partial charge is 0.376 e. The molecule has 0 bridgehead atoms. The monoisotopic (exact) mass is 393 g/mol. The molecule has 0 radical (unpaired) electrons. The van der Waals surface area contributed by atoms with Gasteiger partial charge >= 0.3 is 0 Å². The number of halogens is 1. The molecule has 0 N–H and O–H groups in total. The van der Waals surface area contributed by atoms with E-state index in [1.807, 2.05) is 18.2 Å². The van der Waals surface area contributed by atoms with Gasteiger partial charge in [-0.25, -0.2) is 9.37 Å². The van der Waals surface area contributed by atoms with Crippen LogP contribution in [0, 0.1) is 17.1 Å². The fourth-order valence-corrected chi connectivity index (χ4v) is 4.45. The molecule has 0 amide bonds. The number of hydrogen-bond donors (Lipinski definition) is 0. The molecule has 0 saturated carbocycles. The predicted molar refractivity (Wildman–Crippen MR) is 108 cm³/mol. The Morgan fingerprint density at radius 3 is 2.55 bits per heavy atom. The maximum Gasteiger partial charge on any atom is 0.146 e. The van der Waals surface area contributed by atoms with Crippen molar-refractivity contribution in [2.75, 3.05) is 55.7 Å². The smallest absolute Gasteiger partial charge is 0.146 e. The molecule has 3 aliphatic rings. The zero-order chi connectivity index (χ0) is 19.8. The van der Waals surface area contributed by atoms with E-state index in [9.17, 15) is 9.65 Å². The van der Waals surface area contributed by atoms with Gasteiger partial charge in [-0.15, -0.1) is 0 Å². The zero-order valence-electron chi connectivity index (χ0n) is 16.4. The van der Waals surface area contributed by atoms with Crippen molar-refractivity contribution in [3.05, 3.63) is 53.0 Å². The summed E-state index contributed by atoms with van der Waals surface area (Å²) in [7, 11) is 0. The topological polar surface area (TPSA) is 55.6 Å². The Bertz CT molecular complexity index is 927. The first-order chi connectivity index (χ1) is 14.2. The Hall–Kier alpha value is -2.69. The number of aromatic nitrogens is 1. The van der Waals surface area contributed by atoms with Gasteiger partial charge in [-0.05, 0) is 30.3 Å².